The normalized spacial score (nSPS) is 18.4. The maximum absolute atomic E-state index is 13.5. The molecule has 11 nitrogen and oxygen atoms in total. The van der Waals surface area contributed by atoms with E-state index in [2.05, 4.69) is 10.2 Å². The van der Waals surface area contributed by atoms with E-state index in [9.17, 15) is 18.0 Å². The highest BCUT2D eigenvalue weighted by molar-refractivity contribution is 7.89. The van der Waals surface area contributed by atoms with Gasteiger partial charge in [0.2, 0.25) is 10.0 Å². The van der Waals surface area contributed by atoms with Crippen molar-refractivity contribution < 1.29 is 32.2 Å². The van der Waals surface area contributed by atoms with Gasteiger partial charge in [0.1, 0.15) is 36.1 Å². The van der Waals surface area contributed by atoms with E-state index in [1.54, 1.807) is 56.0 Å². The second-order valence-corrected chi connectivity index (χ2v) is 15.0. The summed E-state index contributed by atoms with van der Waals surface area (Å²) in [4.78, 5) is 28.8. The van der Waals surface area contributed by atoms with Crippen molar-refractivity contribution in [2.75, 3.05) is 24.6 Å². The van der Waals surface area contributed by atoms with Gasteiger partial charge < -0.3 is 14.2 Å². The monoisotopic (exact) mass is 660 g/mol. The third kappa shape index (κ3) is 6.57. The number of nitrogens with one attached hydrogen (secondary N) is 1. The van der Waals surface area contributed by atoms with Gasteiger partial charge >= 0.3 is 12.1 Å². The summed E-state index contributed by atoms with van der Waals surface area (Å²) in [5.41, 5.74) is 3.93. The zero-order chi connectivity index (χ0) is 33.5. The van der Waals surface area contributed by atoms with E-state index in [-0.39, 0.29) is 24.6 Å². The Morgan fingerprint density at radius 3 is 2.47 bits per heavy atom. The molecule has 2 aliphatic heterocycles. The number of hydrogen-bond donors (Lipinski definition) is 1. The van der Waals surface area contributed by atoms with Gasteiger partial charge in [-0.15, -0.1) is 0 Å². The number of H-pyrrole nitrogens is 1. The fourth-order valence-corrected chi connectivity index (χ4v) is 7.89. The molecule has 0 bridgehead atoms. The smallest absolute Gasteiger partial charge is 0.414 e. The molecule has 0 aliphatic carbocycles. The molecule has 0 radical (unpaired) electrons. The number of aromatic amines is 1. The number of esters is 1. The van der Waals surface area contributed by atoms with Gasteiger partial charge in [0.25, 0.3) is 0 Å². The molecule has 6 rings (SSSR count). The minimum absolute atomic E-state index is 0.0655. The number of aryl methyl sites for hydroxylation is 2. The van der Waals surface area contributed by atoms with E-state index in [1.807, 2.05) is 44.2 Å². The molecule has 248 valence electrons. The minimum atomic E-state index is -3.89. The van der Waals surface area contributed by atoms with E-state index in [1.165, 1.54) is 4.31 Å². The molecule has 3 aromatic carbocycles. The van der Waals surface area contributed by atoms with Crippen LogP contribution in [0.25, 0.3) is 10.9 Å². The number of carbonyl (C=O) groups excluding carboxylic acids is 2. The van der Waals surface area contributed by atoms with Gasteiger partial charge in [-0.1, -0.05) is 48.0 Å². The topological polar surface area (TPSA) is 131 Å². The number of anilines is 1. The summed E-state index contributed by atoms with van der Waals surface area (Å²) < 4.78 is 46.1. The van der Waals surface area contributed by atoms with Crippen LogP contribution in [0.2, 0.25) is 0 Å². The Balaban J connectivity index is 1.29. The summed E-state index contributed by atoms with van der Waals surface area (Å²) in [6.07, 6.45) is 0.375. The lowest BCUT2D eigenvalue weighted by Crippen LogP contribution is -2.42. The van der Waals surface area contributed by atoms with Crippen molar-refractivity contribution in [3.63, 3.8) is 0 Å². The van der Waals surface area contributed by atoms with Crippen molar-refractivity contribution in [1.82, 2.24) is 14.5 Å². The molecule has 1 N–H and O–H groups in total. The van der Waals surface area contributed by atoms with Crippen molar-refractivity contribution in [1.29, 1.82) is 0 Å². The first-order valence-corrected chi connectivity index (χ1v) is 17.2. The van der Waals surface area contributed by atoms with Crippen LogP contribution in [0.4, 0.5) is 10.5 Å². The molecule has 0 saturated carbocycles. The second kappa shape index (κ2) is 12.6. The molecular formula is C35H40N4O7S. The lowest BCUT2D eigenvalue weighted by Gasteiger charge is -2.25. The Morgan fingerprint density at radius 1 is 1.04 bits per heavy atom. The Hall–Kier alpha value is -4.42. The largest absolute Gasteiger partial charge is 0.486 e. The van der Waals surface area contributed by atoms with E-state index < -0.39 is 39.6 Å². The molecule has 47 heavy (non-hydrogen) atoms. The van der Waals surface area contributed by atoms with Crippen LogP contribution in [-0.4, -0.2) is 66.3 Å². The van der Waals surface area contributed by atoms with Gasteiger partial charge in [-0.25, -0.2) is 13.2 Å². The number of aromatic nitrogens is 2. The maximum atomic E-state index is 13.5. The number of rotatable bonds is 8. The zero-order valence-electron chi connectivity index (χ0n) is 27.3. The molecule has 1 saturated heterocycles. The molecule has 1 aromatic heterocycles. The summed E-state index contributed by atoms with van der Waals surface area (Å²) in [6, 6.07) is 17.2. The first-order chi connectivity index (χ1) is 22.3. The van der Waals surface area contributed by atoms with E-state index in [0.29, 0.717) is 36.4 Å². The highest BCUT2D eigenvalue weighted by atomic mass is 32.2. The number of ether oxygens (including phenoxy) is 3. The summed E-state index contributed by atoms with van der Waals surface area (Å²) >= 11 is 0. The van der Waals surface area contributed by atoms with Crippen LogP contribution >= 0.6 is 0 Å². The molecule has 1 fully saturated rings. The van der Waals surface area contributed by atoms with Crippen LogP contribution in [0.1, 0.15) is 61.9 Å². The van der Waals surface area contributed by atoms with E-state index >= 15 is 0 Å². The molecule has 1 amide bonds. The SMILES string of the molecule is Cc1ccc(S(=O)(=O)N2CCC[C@H]2C(=O)OC[C@@H]2CN(C(=O)OC(C)(C)C)c3cc(OCc4ccccc4)c4n[nH]c(C)c4c32)cc1. The fraction of sp³-hybridized carbons (Fsp3) is 0.400. The number of fused-ring (bicyclic) bond motifs is 3. The predicted octanol–water partition coefficient (Wildman–Crippen LogP) is 5.99. The van der Waals surface area contributed by atoms with Gasteiger partial charge in [-0.05, 0) is 70.7 Å². The van der Waals surface area contributed by atoms with Crippen LogP contribution in [-0.2, 0) is 30.9 Å². The van der Waals surface area contributed by atoms with E-state index in [4.69, 9.17) is 14.2 Å². The average molecular weight is 661 g/mol. The molecule has 4 aromatic rings. The number of sulfonamides is 1. The molecule has 2 aliphatic rings. The van der Waals surface area contributed by atoms with E-state index in [0.717, 1.165) is 27.8 Å². The number of nitrogens with zero attached hydrogens (tertiary/aromatic N) is 3. The average Bonchev–Trinajstić information content (AvgIpc) is 3.76. The van der Waals surface area contributed by atoms with Gasteiger partial charge in [-0.2, -0.15) is 9.40 Å². The van der Waals surface area contributed by atoms with Crippen LogP contribution in [0.15, 0.2) is 65.6 Å². The van der Waals surface area contributed by atoms with Crippen LogP contribution < -0.4 is 9.64 Å². The van der Waals surface area contributed by atoms with Crippen molar-refractivity contribution in [3.05, 3.63) is 83.0 Å². The van der Waals surface area contributed by atoms with Crippen molar-refractivity contribution >= 4 is 38.7 Å². The van der Waals surface area contributed by atoms with Gasteiger partial charge in [0.05, 0.1) is 10.6 Å². The third-order valence-corrected chi connectivity index (χ3v) is 10.4. The first-order valence-electron chi connectivity index (χ1n) is 15.8. The quantitative estimate of drug-likeness (QED) is 0.228. The number of amides is 1. The van der Waals surface area contributed by atoms with Crippen molar-refractivity contribution in [2.45, 2.75) is 76.5 Å². The third-order valence-electron chi connectivity index (χ3n) is 8.48. The molecule has 12 heteroatoms. The fourth-order valence-electron chi connectivity index (χ4n) is 6.24. The lowest BCUT2D eigenvalue weighted by atomic mass is 9.96. The van der Waals surface area contributed by atoms with Crippen LogP contribution in [0.3, 0.4) is 0 Å². The summed E-state index contributed by atoms with van der Waals surface area (Å²) in [5, 5.41) is 8.37. The summed E-state index contributed by atoms with van der Waals surface area (Å²) in [5.74, 6) is -0.536. The Bertz CT molecular complexity index is 1900. The Labute approximate surface area is 274 Å². The maximum Gasteiger partial charge on any atom is 0.414 e. The van der Waals surface area contributed by atoms with Gasteiger partial charge in [0, 0.05) is 36.2 Å². The minimum Gasteiger partial charge on any atom is -0.486 e. The highest BCUT2D eigenvalue weighted by Gasteiger charge is 2.42. The lowest BCUT2D eigenvalue weighted by molar-refractivity contribution is -0.147. The molecule has 0 spiro atoms. The number of carbonyl (C=O) groups is 2. The van der Waals surface area contributed by atoms with Crippen molar-refractivity contribution in [2.24, 2.45) is 0 Å². The van der Waals surface area contributed by atoms with Gasteiger partial charge in [0.15, 0.2) is 0 Å². The van der Waals surface area contributed by atoms with Gasteiger partial charge in [-0.3, -0.25) is 14.8 Å². The Morgan fingerprint density at radius 2 is 1.77 bits per heavy atom. The molecule has 0 unspecified atom stereocenters. The Kier molecular flexibility index (Phi) is 8.75. The first kappa shape index (κ1) is 32.5. The highest BCUT2D eigenvalue weighted by Crippen LogP contribution is 2.46. The zero-order valence-corrected chi connectivity index (χ0v) is 28.1. The van der Waals surface area contributed by atoms with Crippen LogP contribution in [0, 0.1) is 13.8 Å². The summed E-state index contributed by atoms with van der Waals surface area (Å²) in [6.45, 7) is 9.84. The summed E-state index contributed by atoms with van der Waals surface area (Å²) in [7, 11) is -3.89. The number of hydrogen-bond acceptors (Lipinski definition) is 8. The van der Waals surface area contributed by atoms with Crippen LogP contribution in [0.5, 0.6) is 5.75 Å². The standard InChI is InChI=1S/C35H40N4O7S/c1-22-13-15-26(16-14-22)47(42,43)39-17-9-12-27(39)33(40)45-21-25-19-38(34(41)46-35(3,4)5)28-18-29(44-20-24-10-7-6-8-11-24)32-30(31(25)28)23(2)36-37-32/h6-8,10-11,13-16,18,25,27H,9,12,17,19-21H2,1-5H3,(H,36,37)/t25-,27-/m0/s1. The number of benzene rings is 3. The molecule has 3 heterocycles. The molecule has 2 atom stereocenters. The molecular weight excluding hydrogens is 620 g/mol. The second-order valence-electron chi connectivity index (χ2n) is 13.2. The van der Waals surface area contributed by atoms with Crippen molar-refractivity contribution in [3.8, 4) is 5.75 Å². The predicted molar refractivity (Wildman–Crippen MR) is 177 cm³/mol.